The standard InChI is InChI=1S/C7H12N2/c1-8(2)6-5-7(6)9(3)4/h1-4H3. The Morgan fingerprint density at radius 2 is 1.22 bits per heavy atom. The molecule has 2 nitrogen and oxygen atoms in total. The maximum atomic E-state index is 3.15. The molecule has 1 aliphatic carbocycles. The molecule has 0 amide bonds. The van der Waals surface area contributed by atoms with Gasteiger partial charge in [-0.15, -0.1) is 0 Å². The van der Waals surface area contributed by atoms with Gasteiger partial charge in [-0.05, 0) is 0 Å². The molecule has 1 rings (SSSR count). The zero-order chi connectivity index (χ0) is 7.02. The number of likely N-dealkylation sites (N-methyl/N-ethyl adjacent to an activating group) is 2. The molecular weight excluding hydrogens is 112 g/mol. The molecule has 0 saturated heterocycles. The highest BCUT2D eigenvalue weighted by Crippen LogP contribution is 2.23. The Kier molecular flexibility index (Phi) is 1.26. The van der Waals surface area contributed by atoms with Crippen LogP contribution >= 0.6 is 0 Å². The zero-order valence-electron chi connectivity index (χ0n) is 6.39. The predicted molar refractivity (Wildman–Crippen MR) is 37.9 cm³/mol. The highest BCUT2D eigenvalue weighted by molar-refractivity contribution is 5.40. The molecule has 2 heteroatoms. The van der Waals surface area contributed by atoms with Crippen molar-refractivity contribution in [2.45, 2.75) is 0 Å². The molecule has 0 aromatic rings. The van der Waals surface area contributed by atoms with E-state index in [0.717, 1.165) is 0 Å². The van der Waals surface area contributed by atoms with E-state index in [1.54, 1.807) is 0 Å². The van der Waals surface area contributed by atoms with Crippen molar-refractivity contribution in [1.82, 2.24) is 9.80 Å². The second kappa shape index (κ2) is 1.82. The Morgan fingerprint density at radius 1 is 0.889 bits per heavy atom. The van der Waals surface area contributed by atoms with Gasteiger partial charge in [0.25, 0.3) is 0 Å². The van der Waals surface area contributed by atoms with Crippen molar-refractivity contribution >= 4 is 0 Å². The van der Waals surface area contributed by atoms with Crippen LogP contribution in [0.1, 0.15) is 0 Å². The summed E-state index contributed by atoms with van der Waals surface area (Å²) >= 11 is 0. The minimum Gasteiger partial charge on any atom is -0.369 e. The van der Waals surface area contributed by atoms with Crippen molar-refractivity contribution in [1.29, 1.82) is 0 Å². The van der Waals surface area contributed by atoms with Gasteiger partial charge in [-0.25, -0.2) is 0 Å². The minimum atomic E-state index is 1.22. The molecule has 0 aromatic heterocycles. The lowest BCUT2D eigenvalue weighted by Gasteiger charge is -2.12. The molecule has 0 heterocycles. The lowest BCUT2D eigenvalue weighted by atomic mass is 10.5. The first kappa shape index (κ1) is 6.24. The largest absolute Gasteiger partial charge is 0.369 e. The third-order valence-corrected chi connectivity index (χ3v) is 1.29. The van der Waals surface area contributed by atoms with Crippen LogP contribution in [0.2, 0.25) is 0 Å². The van der Waals surface area contributed by atoms with E-state index in [4.69, 9.17) is 0 Å². The number of hydrogen-bond acceptors (Lipinski definition) is 2. The first-order chi connectivity index (χ1) is 4.13. The summed E-state index contributed by atoms with van der Waals surface area (Å²) in [4.78, 5) is 4.13. The Hall–Kier alpha value is -0.880. The molecule has 0 spiro atoms. The molecule has 0 aliphatic heterocycles. The second-order valence-electron chi connectivity index (χ2n) is 2.61. The minimum absolute atomic E-state index is 1.22. The molecule has 1 aliphatic rings. The molecule has 0 fully saturated rings. The van der Waals surface area contributed by atoms with E-state index in [1.165, 1.54) is 11.4 Å². The van der Waals surface area contributed by atoms with Gasteiger partial charge in [0.15, 0.2) is 0 Å². The summed E-state index contributed by atoms with van der Waals surface area (Å²) in [5.41, 5.74) is 5.60. The normalized spacial score (nSPS) is 14.2. The highest BCUT2D eigenvalue weighted by Gasteiger charge is 2.18. The SMILES string of the molecule is CN(C)C1=C=C1N(C)C. The van der Waals surface area contributed by atoms with Crippen molar-refractivity contribution in [3.8, 4) is 0 Å². The van der Waals surface area contributed by atoms with Gasteiger partial charge in [0.1, 0.15) is 11.4 Å². The number of hydrogen-bond donors (Lipinski definition) is 0. The van der Waals surface area contributed by atoms with Crippen molar-refractivity contribution < 1.29 is 0 Å². The van der Waals surface area contributed by atoms with Crippen LogP contribution in [0.5, 0.6) is 0 Å². The van der Waals surface area contributed by atoms with Crippen LogP contribution in [-0.2, 0) is 0 Å². The van der Waals surface area contributed by atoms with E-state index in [2.05, 4.69) is 15.5 Å². The second-order valence-corrected chi connectivity index (χ2v) is 2.61. The van der Waals surface area contributed by atoms with Crippen LogP contribution in [0.3, 0.4) is 0 Å². The van der Waals surface area contributed by atoms with E-state index >= 15 is 0 Å². The summed E-state index contributed by atoms with van der Waals surface area (Å²) in [6.45, 7) is 0. The van der Waals surface area contributed by atoms with E-state index in [9.17, 15) is 0 Å². The molecule has 0 aromatic carbocycles. The third-order valence-electron chi connectivity index (χ3n) is 1.29. The van der Waals surface area contributed by atoms with Gasteiger partial charge in [-0.1, -0.05) is 5.73 Å². The van der Waals surface area contributed by atoms with E-state index < -0.39 is 0 Å². The van der Waals surface area contributed by atoms with Crippen LogP contribution in [0.4, 0.5) is 0 Å². The van der Waals surface area contributed by atoms with Crippen LogP contribution < -0.4 is 0 Å². The summed E-state index contributed by atoms with van der Waals surface area (Å²) in [6.07, 6.45) is 0. The molecule has 50 valence electrons. The van der Waals surface area contributed by atoms with Gasteiger partial charge >= 0.3 is 0 Å². The lowest BCUT2D eigenvalue weighted by Crippen LogP contribution is -2.13. The average molecular weight is 124 g/mol. The van der Waals surface area contributed by atoms with Crippen molar-refractivity contribution in [3.63, 3.8) is 0 Å². The van der Waals surface area contributed by atoms with Crippen LogP contribution in [0, 0.1) is 0 Å². The summed E-state index contributed by atoms with van der Waals surface area (Å²) in [5.74, 6) is 0. The Bertz CT molecular complexity index is 165. The smallest absolute Gasteiger partial charge is 0.114 e. The highest BCUT2D eigenvalue weighted by atomic mass is 15.2. The van der Waals surface area contributed by atoms with Crippen molar-refractivity contribution in [2.24, 2.45) is 0 Å². The Balaban J connectivity index is 2.38. The van der Waals surface area contributed by atoms with Gasteiger partial charge in [0.2, 0.25) is 0 Å². The summed E-state index contributed by atoms with van der Waals surface area (Å²) in [7, 11) is 8.11. The fourth-order valence-electron chi connectivity index (χ4n) is 0.728. The van der Waals surface area contributed by atoms with Gasteiger partial charge in [-0.2, -0.15) is 0 Å². The average Bonchev–Trinajstić information content (AvgIpc) is 2.39. The molecule has 0 unspecified atom stereocenters. The maximum Gasteiger partial charge on any atom is 0.114 e. The predicted octanol–water partition coefficient (Wildman–Crippen LogP) is 0.490. The van der Waals surface area contributed by atoms with Crippen LogP contribution in [0.25, 0.3) is 0 Å². The third kappa shape index (κ3) is 1.08. The molecule has 0 atom stereocenters. The Morgan fingerprint density at radius 3 is 1.33 bits per heavy atom. The van der Waals surface area contributed by atoms with E-state index in [1.807, 2.05) is 28.2 Å². The monoisotopic (exact) mass is 124 g/mol. The van der Waals surface area contributed by atoms with E-state index in [0.29, 0.717) is 0 Å². The van der Waals surface area contributed by atoms with E-state index in [-0.39, 0.29) is 0 Å². The molecular formula is C7H12N2. The first-order valence-corrected chi connectivity index (χ1v) is 2.99. The quantitative estimate of drug-likeness (QED) is 0.494. The number of rotatable bonds is 2. The van der Waals surface area contributed by atoms with Crippen molar-refractivity contribution in [3.05, 3.63) is 17.1 Å². The topological polar surface area (TPSA) is 6.48 Å². The molecule has 0 radical (unpaired) electrons. The van der Waals surface area contributed by atoms with Crippen molar-refractivity contribution in [2.75, 3.05) is 28.2 Å². The van der Waals surface area contributed by atoms with Crippen LogP contribution in [0.15, 0.2) is 17.1 Å². The molecule has 9 heavy (non-hydrogen) atoms. The van der Waals surface area contributed by atoms with Gasteiger partial charge in [0, 0.05) is 28.2 Å². The maximum absolute atomic E-state index is 3.15. The fraction of sp³-hybridized carbons (Fsp3) is 0.571. The molecule has 0 bridgehead atoms. The van der Waals surface area contributed by atoms with Gasteiger partial charge in [-0.3, -0.25) is 0 Å². The molecule has 0 N–H and O–H groups in total. The summed E-state index contributed by atoms with van der Waals surface area (Å²) in [5, 5.41) is 0. The van der Waals surface area contributed by atoms with Crippen LogP contribution in [-0.4, -0.2) is 38.0 Å². The Labute approximate surface area is 56.1 Å². The zero-order valence-corrected chi connectivity index (χ0v) is 6.39. The summed E-state index contributed by atoms with van der Waals surface area (Å²) in [6, 6.07) is 0. The number of nitrogens with zero attached hydrogens (tertiary/aromatic N) is 2. The first-order valence-electron chi connectivity index (χ1n) is 2.99. The molecule has 0 saturated carbocycles. The summed E-state index contributed by atoms with van der Waals surface area (Å²) < 4.78 is 0. The lowest BCUT2D eigenvalue weighted by molar-refractivity contribution is 0.473. The van der Waals surface area contributed by atoms with Gasteiger partial charge in [0.05, 0.1) is 0 Å². The fourth-order valence-corrected chi connectivity index (χ4v) is 0.728. The van der Waals surface area contributed by atoms with Gasteiger partial charge < -0.3 is 9.80 Å².